The van der Waals surface area contributed by atoms with Crippen molar-refractivity contribution < 1.29 is 11.6 Å². The third-order valence-electron chi connectivity index (χ3n) is 20.3. The van der Waals surface area contributed by atoms with E-state index in [2.05, 4.69) is 128 Å². The molecule has 0 bridgehead atoms. The van der Waals surface area contributed by atoms with Gasteiger partial charge in [-0.15, -0.1) is 0 Å². The Kier molecular flexibility index (Phi) is 1.62. The first kappa shape index (κ1) is 20.2. The molecule has 200 valence electrons. The van der Waals surface area contributed by atoms with E-state index in [9.17, 15) is 5.11 Å². The fourth-order valence-corrected chi connectivity index (χ4v) is 131. The fourth-order valence-electron chi connectivity index (χ4n) is 22.7. The SMILES string of the molecule is C[C@H](O)[C]12[CH]3[CH]4[CH]5[C@]1(P(c1ccccc1)c1ccccc1)[Fe]43521678[CH]2[CH]1[CH]6[C]7(P(c1ccccc1)c1ccccc1)[CH]28. The average molecular weight is 598 g/mol. The predicted octanol–water partition coefficient (Wildman–Crippen LogP) is 7.21. The van der Waals surface area contributed by atoms with E-state index in [4.69, 9.17) is 0 Å². The molecule has 1 nitrogen and oxygen atoms in total. The summed E-state index contributed by atoms with van der Waals surface area (Å²) in [5.74, 6) is 0. The summed E-state index contributed by atoms with van der Waals surface area (Å²) in [7, 11) is -0.913. The summed E-state index contributed by atoms with van der Waals surface area (Å²) in [6.45, 7) is -2.09. The van der Waals surface area contributed by atoms with Gasteiger partial charge < -0.3 is 0 Å². The minimum atomic E-state index is -4.37. The molecule has 40 heavy (non-hydrogen) atoms. The van der Waals surface area contributed by atoms with Gasteiger partial charge in [-0.3, -0.25) is 0 Å². The number of fused-ring (bicyclic) bond motifs is 10. The van der Waals surface area contributed by atoms with Crippen LogP contribution in [0.1, 0.15) is 6.92 Å². The van der Waals surface area contributed by atoms with Crippen molar-refractivity contribution >= 4 is 37.1 Å². The van der Waals surface area contributed by atoms with Gasteiger partial charge in [0.2, 0.25) is 0 Å². The number of benzene rings is 4. The molecular formula is C36H32FeOP2. The number of aliphatic hydroxyl groups is 1. The third kappa shape index (κ3) is 0.485. The van der Waals surface area contributed by atoms with E-state index in [-0.39, 0.29) is 6.10 Å². The first-order valence-corrected chi connectivity index (χ1v) is 23.9. The van der Waals surface area contributed by atoms with Crippen molar-refractivity contribution in [2.45, 2.75) is 59.2 Å². The molecule has 4 heteroatoms. The maximum absolute atomic E-state index is 12.3. The molecule has 1 spiro atoms. The quantitative estimate of drug-likeness (QED) is 0.176. The van der Waals surface area contributed by atoms with E-state index >= 15 is 0 Å². The van der Waals surface area contributed by atoms with Crippen molar-refractivity contribution in [3.05, 3.63) is 121 Å². The van der Waals surface area contributed by atoms with Crippen LogP contribution in [-0.4, -0.2) is 19.3 Å². The molecule has 10 saturated heterocycles. The van der Waals surface area contributed by atoms with Crippen molar-refractivity contribution in [1.29, 1.82) is 0 Å². The van der Waals surface area contributed by atoms with Gasteiger partial charge in [0, 0.05) is 0 Å². The van der Waals surface area contributed by atoms with Crippen molar-refractivity contribution in [3.8, 4) is 0 Å². The van der Waals surface area contributed by atoms with Crippen molar-refractivity contribution in [2.24, 2.45) is 0 Å². The molecule has 4 aromatic rings. The first-order chi connectivity index (χ1) is 19.4. The summed E-state index contributed by atoms with van der Waals surface area (Å²) in [5, 5.41) is 18.8. The standard InChI is InChI=1S/C19H18OP.C17H14P.Fe/c1-15(20)18-13-8-14-19(18)21(16-9-4-2-5-10-16)17-11-6-3-7-12-17;1-3-9-15(10-4-1)18(17-13-7-8-14-17)16-11-5-2-6-12-16;/h2-15,20H,1H3;1-14H;/t15-;;/m0../s1. The van der Waals surface area contributed by atoms with Crippen LogP contribution in [0.5, 0.6) is 0 Å². The molecule has 10 aliphatic heterocycles. The van der Waals surface area contributed by atoms with Gasteiger partial charge in [0.15, 0.2) is 0 Å². The number of aliphatic hydroxyl groups excluding tert-OH is 1. The predicted molar refractivity (Wildman–Crippen MR) is 164 cm³/mol. The van der Waals surface area contributed by atoms with Crippen LogP contribution in [0.4, 0.5) is 0 Å². The van der Waals surface area contributed by atoms with Gasteiger partial charge in [0.25, 0.3) is 0 Å². The van der Waals surface area contributed by atoms with Crippen LogP contribution in [0.15, 0.2) is 121 Å². The molecule has 0 aliphatic carbocycles. The van der Waals surface area contributed by atoms with Gasteiger partial charge in [0.05, 0.1) is 0 Å². The van der Waals surface area contributed by atoms with E-state index in [0.29, 0.717) is 12.4 Å². The summed E-state index contributed by atoms with van der Waals surface area (Å²) in [6.07, 6.45) is -0.130. The van der Waals surface area contributed by atoms with Crippen LogP contribution >= 0.6 is 15.8 Å². The molecule has 1 N–H and O–H groups in total. The minimum absolute atomic E-state index is 0.130. The van der Waals surface area contributed by atoms with Crippen LogP contribution in [0.25, 0.3) is 0 Å². The Morgan fingerprint density at radius 3 is 1.30 bits per heavy atom. The Balaban J connectivity index is 1.15. The summed E-state index contributed by atoms with van der Waals surface area (Å²) in [6, 6.07) is 47.1. The zero-order valence-corrected chi connectivity index (χ0v) is 25.3. The summed E-state index contributed by atoms with van der Waals surface area (Å²) < 4.78 is 1.38. The fraction of sp³-hybridized carbons (Fsp3) is 0.333. The zero-order chi connectivity index (χ0) is 26.0. The molecule has 10 atom stereocenters. The van der Waals surface area contributed by atoms with Crippen LogP contribution in [0.3, 0.4) is 0 Å². The molecular weight excluding hydrogens is 566 g/mol. The summed E-state index contributed by atoms with van der Waals surface area (Å²) in [4.78, 5) is 7.35. The molecule has 10 fully saturated rings. The summed E-state index contributed by atoms with van der Waals surface area (Å²) >= 11 is 0. The number of hydrogen-bond acceptors (Lipinski definition) is 1. The van der Waals surface area contributed by atoms with Crippen molar-refractivity contribution in [3.63, 3.8) is 0 Å². The van der Waals surface area contributed by atoms with Gasteiger partial charge in [-0.1, -0.05) is 0 Å². The third-order valence-corrected chi connectivity index (χ3v) is 77.7. The van der Waals surface area contributed by atoms with Crippen LogP contribution in [0.2, 0.25) is 38.0 Å². The van der Waals surface area contributed by atoms with E-state index in [1.165, 1.54) is 0 Å². The van der Waals surface area contributed by atoms with Gasteiger partial charge in [-0.2, -0.15) is 0 Å². The molecule has 0 amide bonds. The molecule has 10 aliphatic rings. The van der Waals surface area contributed by atoms with E-state index in [1.54, 1.807) is 21.2 Å². The molecule has 0 aromatic heterocycles. The van der Waals surface area contributed by atoms with Gasteiger partial charge in [-0.25, -0.2) is 0 Å². The Morgan fingerprint density at radius 1 is 0.550 bits per heavy atom. The van der Waals surface area contributed by atoms with Gasteiger partial charge in [-0.05, 0) is 0 Å². The molecule has 8 unspecified atom stereocenters. The maximum atomic E-state index is 12.3. The topological polar surface area (TPSA) is 20.2 Å². The van der Waals surface area contributed by atoms with Crippen LogP contribution in [0, 0.1) is 0 Å². The Bertz CT molecular complexity index is 2220. The number of hydrogen-bond donors (Lipinski definition) is 1. The number of rotatable bonds is 7. The summed E-state index contributed by atoms with van der Waals surface area (Å²) in [5.41, 5.74) is 0. The van der Waals surface area contributed by atoms with E-state index < -0.39 is 22.4 Å². The zero-order valence-electron chi connectivity index (χ0n) is 22.4. The van der Waals surface area contributed by atoms with Gasteiger partial charge in [0.1, 0.15) is 0 Å². The van der Waals surface area contributed by atoms with Crippen LogP contribution in [-0.2, 0) is 6.51 Å². The molecule has 14 rings (SSSR count). The van der Waals surface area contributed by atoms with Crippen molar-refractivity contribution in [2.75, 3.05) is 0 Å². The Morgan fingerprint density at radius 2 is 0.950 bits per heavy atom. The Hall–Kier alpha value is -1.78. The second-order valence-electron chi connectivity index (χ2n) is 16.5. The molecule has 0 saturated carbocycles. The molecule has 10 heterocycles. The molecule has 0 radical (unpaired) electrons. The Labute approximate surface area is 228 Å². The monoisotopic (exact) mass is 598 g/mol. The second-order valence-corrected chi connectivity index (χ2v) is 45.1. The molecule has 4 aromatic carbocycles. The average Bonchev–Trinajstić information content (AvgIpc) is 3.96. The van der Waals surface area contributed by atoms with Crippen molar-refractivity contribution in [1.82, 2.24) is 0 Å². The second kappa shape index (κ2) is 3.22. The first-order valence-electron chi connectivity index (χ1n) is 15.1. The van der Waals surface area contributed by atoms with Crippen LogP contribution < -0.4 is 21.2 Å². The normalized spacial score (nSPS) is 62.0. The van der Waals surface area contributed by atoms with E-state index in [1.807, 2.05) is 0 Å². The van der Waals surface area contributed by atoms with Gasteiger partial charge >= 0.3 is 229 Å². The van der Waals surface area contributed by atoms with E-state index in [0.717, 1.165) is 33.7 Å².